The van der Waals surface area contributed by atoms with Crippen LogP contribution in [-0.4, -0.2) is 24.6 Å². The van der Waals surface area contributed by atoms with Gasteiger partial charge in [-0.3, -0.25) is 4.99 Å². The van der Waals surface area contributed by atoms with Crippen molar-refractivity contribution in [2.75, 3.05) is 6.54 Å². The molecule has 3 atom stereocenters. The fourth-order valence-electron chi connectivity index (χ4n) is 2.32. The van der Waals surface area contributed by atoms with Crippen LogP contribution in [0, 0.1) is 0 Å². The van der Waals surface area contributed by atoms with Gasteiger partial charge in [0.1, 0.15) is 0 Å². The predicted molar refractivity (Wildman–Crippen MR) is 75.6 cm³/mol. The predicted octanol–water partition coefficient (Wildman–Crippen LogP) is 2.79. The van der Waals surface area contributed by atoms with E-state index in [9.17, 15) is 0 Å². The summed E-state index contributed by atoms with van der Waals surface area (Å²) in [6.45, 7) is 2.97. The van der Waals surface area contributed by atoms with Crippen molar-refractivity contribution in [2.45, 2.75) is 31.3 Å². The zero-order valence-corrected chi connectivity index (χ0v) is 11.6. The molecule has 1 fully saturated rings. The van der Waals surface area contributed by atoms with E-state index in [1.54, 1.807) is 6.07 Å². The molecule has 0 spiro atoms. The first kappa shape index (κ1) is 12.1. The molecule has 96 valence electrons. The van der Waals surface area contributed by atoms with E-state index in [4.69, 9.17) is 23.2 Å². The monoisotopic (exact) mass is 283 g/mol. The number of nitrogens with one attached hydrogen (secondary N) is 2. The minimum atomic E-state index is 0.431. The van der Waals surface area contributed by atoms with Crippen LogP contribution >= 0.6 is 23.2 Å². The molecule has 1 aliphatic heterocycles. The minimum absolute atomic E-state index is 0.431. The third-order valence-electron chi connectivity index (χ3n) is 3.38. The van der Waals surface area contributed by atoms with Gasteiger partial charge in [0, 0.05) is 28.0 Å². The molecule has 0 radical (unpaired) electrons. The molecule has 18 heavy (non-hydrogen) atoms. The van der Waals surface area contributed by atoms with Crippen molar-refractivity contribution >= 4 is 29.2 Å². The zero-order chi connectivity index (χ0) is 12.7. The van der Waals surface area contributed by atoms with Gasteiger partial charge in [-0.05, 0) is 31.0 Å². The number of hydrogen-bond donors (Lipinski definition) is 2. The second-order valence-corrected chi connectivity index (χ2v) is 5.84. The van der Waals surface area contributed by atoms with E-state index in [1.165, 1.54) is 5.56 Å². The van der Waals surface area contributed by atoms with Crippen LogP contribution in [0.3, 0.4) is 0 Å². The van der Waals surface area contributed by atoms with Gasteiger partial charge >= 0.3 is 0 Å². The molecule has 2 aliphatic rings. The highest BCUT2D eigenvalue weighted by Crippen LogP contribution is 2.44. The van der Waals surface area contributed by atoms with Crippen LogP contribution in [0.15, 0.2) is 23.2 Å². The molecule has 1 aliphatic carbocycles. The molecule has 0 aromatic heterocycles. The van der Waals surface area contributed by atoms with Gasteiger partial charge in [0.2, 0.25) is 0 Å². The first-order chi connectivity index (χ1) is 8.63. The molecule has 1 saturated carbocycles. The van der Waals surface area contributed by atoms with E-state index in [1.807, 2.05) is 12.1 Å². The molecule has 5 heteroatoms. The van der Waals surface area contributed by atoms with Crippen LogP contribution < -0.4 is 10.6 Å². The molecular formula is C13H15Cl2N3. The summed E-state index contributed by atoms with van der Waals surface area (Å²) >= 11 is 12.1. The lowest BCUT2D eigenvalue weighted by Gasteiger charge is -2.09. The molecule has 3 rings (SSSR count). The van der Waals surface area contributed by atoms with Crippen LogP contribution in [0.1, 0.15) is 24.8 Å². The van der Waals surface area contributed by atoms with Crippen molar-refractivity contribution in [3.63, 3.8) is 0 Å². The summed E-state index contributed by atoms with van der Waals surface area (Å²) in [5, 5.41) is 8.17. The van der Waals surface area contributed by atoms with Crippen molar-refractivity contribution in [3.8, 4) is 0 Å². The van der Waals surface area contributed by atoms with Gasteiger partial charge < -0.3 is 10.6 Å². The summed E-state index contributed by atoms with van der Waals surface area (Å²) in [7, 11) is 0. The lowest BCUT2D eigenvalue weighted by Crippen LogP contribution is -2.39. The van der Waals surface area contributed by atoms with Crippen LogP contribution in [-0.2, 0) is 0 Å². The van der Waals surface area contributed by atoms with Gasteiger partial charge in [-0.25, -0.2) is 0 Å². The lowest BCUT2D eigenvalue weighted by molar-refractivity contribution is 0.711. The molecule has 2 N–H and O–H groups in total. The Kier molecular flexibility index (Phi) is 3.12. The third-order valence-corrected chi connectivity index (χ3v) is 3.94. The van der Waals surface area contributed by atoms with E-state index in [2.05, 4.69) is 22.5 Å². The SMILES string of the molecule is CC1CN=C(N[C@@H]2C[C@H]2c2ccc(Cl)cc2Cl)N1. The lowest BCUT2D eigenvalue weighted by atomic mass is 10.1. The second kappa shape index (κ2) is 4.63. The molecule has 3 nitrogen and oxygen atoms in total. The van der Waals surface area contributed by atoms with Gasteiger partial charge in [0.25, 0.3) is 0 Å². The summed E-state index contributed by atoms with van der Waals surface area (Å²) in [4.78, 5) is 4.40. The maximum Gasteiger partial charge on any atom is 0.191 e. The van der Waals surface area contributed by atoms with Gasteiger partial charge in [-0.1, -0.05) is 29.3 Å². The average Bonchev–Trinajstić information content (AvgIpc) is 2.92. The number of aliphatic imine (C=N–C) groups is 1. The third kappa shape index (κ3) is 2.43. The van der Waals surface area contributed by atoms with E-state index in [-0.39, 0.29) is 0 Å². The Labute approximate surface area is 117 Å². The molecular weight excluding hydrogens is 269 g/mol. The Morgan fingerprint density at radius 3 is 2.89 bits per heavy atom. The van der Waals surface area contributed by atoms with E-state index in [0.29, 0.717) is 23.0 Å². The van der Waals surface area contributed by atoms with Gasteiger partial charge in [-0.2, -0.15) is 0 Å². The van der Waals surface area contributed by atoms with Crippen LogP contribution in [0.5, 0.6) is 0 Å². The van der Waals surface area contributed by atoms with Gasteiger partial charge in [0.15, 0.2) is 5.96 Å². The smallest absolute Gasteiger partial charge is 0.191 e. The molecule has 1 aromatic rings. The standard InChI is InChI=1S/C13H15Cl2N3/c1-7-6-16-13(17-7)18-12-5-10(12)9-3-2-8(14)4-11(9)15/h2-4,7,10,12H,5-6H2,1H3,(H2,16,17,18)/t7?,10-,12+/m0/s1. The van der Waals surface area contributed by atoms with Crippen molar-refractivity contribution in [1.82, 2.24) is 10.6 Å². The number of benzene rings is 1. The normalized spacial score (nSPS) is 29.7. The van der Waals surface area contributed by atoms with Crippen LogP contribution in [0.2, 0.25) is 10.0 Å². The van der Waals surface area contributed by atoms with Gasteiger partial charge in [-0.15, -0.1) is 0 Å². The average molecular weight is 284 g/mol. The highest BCUT2D eigenvalue weighted by Gasteiger charge is 2.40. The second-order valence-electron chi connectivity index (χ2n) is 4.99. The first-order valence-electron chi connectivity index (χ1n) is 6.16. The minimum Gasteiger partial charge on any atom is -0.353 e. The van der Waals surface area contributed by atoms with Crippen LogP contribution in [0.4, 0.5) is 0 Å². The van der Waals surface area contributed by atoms with Crippen LogP contribution in [0.25, 0.3) is 0 Å². The highest BCUT2D eigenvalue weighted by molar-refractivity contribution is 6.35. The number of hydrogen-bond acceptors (Lipinski definition) is 3. The van der Waals surface area contributed by atoms with Gasteiger partial charge in [0.05, 0.1) is 6.54 Å². The quantitative estimate of drug-likeness (QED) is 0.876. The van der Waals surface area contributed by atoms with E-state index >= 15 is 0 Å². The highest BCUT2D eigenvalue weighted by atomic mass is 35.5. The molecule has 0 amide bonds. The Bertz CT molecular complexity index is 501. The summed E-state index contributed by atoms with van der Waals surface area (Å²) in [6, 6.07) is 6.58. The summed E-state index contributed by atoms with van der Waals surface area (Å²) in [5.41, 5.74) is 1.17. The fraction of sp³-hybridized carbons (Fsp3) is 0.462. The molecule has 1 aromatic carbocycles. The van der Waals surface area contributed by atoms with E-state index < -0.39 is 0 Å². The Balaban J connectivity index is 1.64. The number of guanidine groups is 1. The molecule has 0 bridgehead atoms. The Hall–Kier alpha value is -0.930. The molecule has 1 unspecified atom stereocenters. The summed E-state index contributed by atoms with van der Waals surface area (Å²) in [6.07, 6.45) is 1.09. The zero-order valence-electron chi connectivity index (χ0n) is 10.1. The maximum atomic E-state index is 6.21. The summed E-state index contributed by atoms with van der Waals surface area (Å²) in [5.74, 6) is 1.38. The van der Waals surface area contributed by atoms with Crippen molar-refractivity contribution in [1.29, 1.82) is 0 Å². The number of nitrogens with zero attached hydrogens (tertiary/aromatic N) is 1. The summed E-state index contributed by atoms with van der Waals surface area (Å²) < 4.78 is 0. The fourth-order valence-corrected chi connectivity index (χ4v) is 2.86. The number of rotatable bonds is 2. The first-order valence-corrected chi connectivity index (χ1v) is 6.91. The van der Waals surface area contributed by atoms with Crippen molar-refractivity contribution in [2.24, 2.45) is 4.99 Å². The number of halogens is 2. The Morgan fingerprint density at radius 1 is 1.39 bits per heavy atom. The maximum absolute atomic E-state index is 6.21. The van der Waals surface area contributed by atoms with Crippen molar-refractivity contribution in [3.05, 3.63) is 33.8 Å². The molecule has 0 saturated heterocycles. The molecule has 1 heterocycles. The van der Waals surface area contributed by atoms with Crippen molar-refractivity contribution < 1.29 is 0 Å². The topological polar surface area (TPSA) is 36.4 Å². The Morgan fingerprint density at radius 2 is 2.22 bits per heavy atom. The van der Waals surface area contributed by atoms with E-state index in [0.717, 1.165) is 23.9 Å². The largest absolute Gasteiger partial charge is 0.353 e.